The van der Waals surface area contributed by atoms with Crippen LogP contribution in [0.1, 0.15) is 63.0 Å². The topological polar surface area (TPSA) is 66.5 Å². The van der Waals surface area contributed by atoms with Gasteiger partial charge in [0, 0.05) is 19.8 Å². The molecule has 0 aliphatic rings. The molecule has 0 aliphatic carbocycles. The third-order valence-corrected chi connectivity index (χ3v) is 7.02. The standard InChI is InChI=1S/C25H36N2O3S/c1-4-5-6-7-8-12-15-23(20-28)26-31(29,30)25-17-16-24(27(2)3)19-22(25)18-21-13-10-9-11-14-21/h9-11,13-14,16-17,19-20,23,26H,4-8,12,15,18H2,1-3H3. The highest BCUT2D eigenvalue weighted by Crippen LogP contribution is 2.25. The van der Waals surface area contributed by atoms with Crippen molar-refractivity contribution in [1.82, 2.24) is 4.72 Å². The minimum Gasteiger partial charge on any atom is -0.378 e. The van der Waals surface area contributed by atoms with Crippen molar-refractivity contribution in [3.05, 3.63) is 59.7 Å². The molecule has 0 amide bonds. The van der Waals surface area contributed by atoms with E-state index in [0.29, 0.717) is 24.7 Å². The number of benzene rings is 2. The van der Waals surface area contributed by atoms with Gasteiger partial charge in [-0.3, -0.25) is 0 Å². The number of unbranched alkanes of at least 4 members (excludes halogenated alkanes) is 5. The van der Waals surface area contributed by atoms with Crippen molar-refractivity contribution >= 4 is 22.0 Å². The van der Waals surface area contributed by atoms with E-state index in [1.165, 1.54) is 19.3 Å². The fourth-order valence-corrected chi connectivity index (χ4v) is 5.04. The summed E-state index contributed by atoms with van der Waals surface area (Å²) in [6, 6.07) is 14.4. The van der Waals surface area contributed by atoms with Crippen molar-refractivity contribution in [2.75, 3.05) is 19.0 Å². The van der Waals surface area contributed by atoms with Crippen molar-refractivity contribution in [2.45, 2.75) is 69.2 Å². The van der Waals surface area contributed by atoms with Gasteiger partial charge in [0.1, 0.15) is 6.29 Å². The number of rotatable bonds is 14. The number of anilines is 1. The van der Waals surface area contributed by atoms with Crippen LogP contribution in [0.5, 0.6) is 0 Å². The lowest BCUT2D eigenvalue weighted by Crippen LogP contribution is -2.36. The normalized spacial score (nSPS) is 12.5. The Balaban J connectivity index is 2.16. The number of aldehydes is 1. The van der Waals surface area contributed by atoms with E-state index in [9.17, 15) is 13.2 Å². The van der Waals surface area contributed by atoms with Gasteiger partial charge in [-0.2, -0.15) is 0 Å². The van der Waals surface area contributed by atoms with E-state index in [0.717, 1.165) is 30.5 Å². The van der Waals surface area contributed by atoms with Crippen LogP contribution in [-0.4, -0.2) is 34.8 Å². The van der Waals surface area contributed by atoms with Gasteiger partial charge in [0.25, 0.3) is 0 Å². The van der Waals surface area contributed by atoms with E-state index in [4.69, 9.17) is 0 Å². The average Bonchev–Trinajstić information content (AvgIpc) is 2.75. The number of hydrogen-bond donors (Lipinski definition) is 1. The Bertz CT molecular complexity index is 912. The first-order chi connectivity index (χ1) is 14.9. The minimum absolute atomic E-state index is 0.233. The lowest BCUT2D eigenvalue weighted by atomic mass is 10.0. The molecular weight excluding hydrogens is 408 g/mol. The van der Waals surface area contributed by atoms with Crippen LogP contribution < -0.4 is 9.62 Å². The fraction of sp³-hybridized carbons (Fsp3) is 0.480. The SMILES string of the molecule is CCCCCCCCC(C=O)NS(=O)(=O)c1ccc(N(C)C)cc1Cc1ccccc1. The number of carbonyl (C=O) groups excluding carboxylic acids is 1. The van der Waals surface area contributed by atoms with Gasteiger partial charge < -0.3 is 9.69 Å². The second-order valence-electron chi connectivity index (χ2n) is 8.27. The molecule has 6 heteroatoms. The monoisotopic (exact) mass is 444 g/mol. The molecule has 1 N–H and O–H groups in total. The van der Waals surface area contributed by atoms with Gasteiger partial charge in [-0.05, 0) is 42.2 Å². The van der Waals surface area contributed by atoms with Gasteiger partial charge in [0.2, 0.25) is 10.0 Å². The number of carbonyl (C=O) groups is 1. The summed E-state index contributed by atoms with van der Waals surface area (Å²) in [6.45, 7) is 2.17. The Labute approximate surface area is 187 Å². The van der Waals surface area contributed by atoms with Crippen molar-refractivity contribution < 1.29 is 13.2 Å². The van der Waals surface area contributed by atoms with Crippen LogP contribution in [0.15, 0.2) is 53.4 Å². The summed E-state index contributed by atoms with van der Waals surface area (Å²) < 4.78 is 29.0. The molecule has 0 saturated carbocycles. The highest BCUT2D eigenvalue weighted by atomic mass is 32.2. The van der Waals surface area contributed by atoms with Gasteiger partial charge in [-0.1, -0.05) is 75.8 Å². The zero-order chi connectivity index (χ0) is 22.7. The van der Waals surface area contributed by atoms with Crippen LogP contribution in [0.2, 0.25) is 0 Å². The Hall–Kier alpha value is -2.18. The Morgan fingerprint density at radius 1 is 0.968 bits per heavy atom. The third kappa shape index (κ3) is 8.11. The van der Waals surface area contributed by atoms with E-state index in [-0.39, 0.29) is 4.90 Å². The summed E-state index contributed by atoms with van der Waals surface area (Å²) in [5.41, 5.74) is 2.69. The molecule has 0 fully saturated rings. The van der Waals surface area contributed by atoms with Gasteiger partial charge in [0.05, 0.1) is 10.9 Å². The first-order valence-corrected chi connectivity index (χ1v) is 12.7. The first kappa shape index (κ1) is 25.1. The first-order valence-electron chi connectivity index (χ1n) is 11.2. The molecule has 0 saturated heterocycles. The van der Waals surface area contributed by atoms with Crippen LogP contribution in [0.4, 0.5) is 5.69 Å². The van der Waals surface area contributed by atoms with E-state index < -0.39 is 16.1 Å². The molecule has 1 unspecified atom stereocenters. The molecule has 2 aromatic rings. The second-order valence-corrected chi connectivity index (χ2v) is 9.95. The van der Waals surface area contributed by atoms with Crippen LogP contribution in [0.25, 0.3) is 0 Å². The third-order valence-electron chi connectivity index (χ3n) is 5.43. The molecule has 2 aromatic carbocycles. The maximum absolute atomic E-state index is 13.2. The zero-order valence-corrected chi connectivity index (χ0v) is 19.8. The van der Waals surface area contributed by atoms with E-state index in [2.05, 4.69) is 11.6 Å². The Kier molecular flexibility index (Phi) is 10.2. The predicted octanol–water partition coefficient (Wildman–Crippen LogP) is 4.94. The molecule has 0 spiro atoms. The quantitative estimate of drug-likeness (QED) is 0.331. The Morgan fingerprint density at radius 3 is 2.29 bits per heavy atom. The summed E-state index contributed by atoms with van der Waals surface area (Å²) in [4.78, 5) is 13.7. The molecule has 0 aromatic heterocycles. The Morgan fingerprint density at radius 2 is 1.65 bits per heavy atom. The number of hydrogen-bond acceptors (Lipinski definition) is 4. The summed E-state index contributed by atoms with van der Waals surface area (Å²) >= 11 is 0. The van der Waals surface area contributed by atoms with Gasteiger partial charge in [0.15, 0.2) is 0 Å². The fourth-order valence-electron chi connectivity index (χ4n) is 3.62. The van der Waals surface area contributed by atoms with E-state index in [1.807, 2.05) is 55.4 Å². The van der Waals surface area contributed by atoms with Crippen molar-refractivity contribution in [3.63, 3.8) is 0 Å². The lowest BCUT2D eigenvalue weighted by molar-refractivity contribution is -0.109. The van der Waals surface area contributed by atoms with Crippen LogP contribution in [0.3, 0.4) is 0 Å². The van der Waals surface area contributed by atoms with E-state index >= 15 is 0 Å². The zero-order valence-electron chi connectivity index (χ0n) is 19.0. The largest absolute Gasteiger partial charge is 0.378 e. The molecule has 0 aliphatic heterocycles. The van der Waals surface area contributed by atoms with Crippen LogP contribution in [0, 0.1) is 0 Å². The highest BCUT2D eigenvalue weighted by Gasteiger charge is 2.23. The van der Waals surface area contributed by atoms with Crippen molar-refractivity contribution in [2.24, 2.45) is 0 Å². The molecule has 1 atom stereocenters. The molecule has 2 rings (SSSR count). The number of nitrogens with one attached hydrogen (secondary N) is 1. The molecule has 170 valence electrons. The van der Waals surface area contributed by atoms with Gasteiger partial charge >= 0.3 is 0 Å². The van der Waals surface area contributed by atoms with E-state index in [1.54, 1.807) is 12.1 Å². The summed E-state index contributed by atoms with van der Waals surface area (Å²) in [5, 5.41) is 0. The summed E-state index contributed by atoms with van der Waals surface area (Å²) in [6.07, 6.45) is 8.32. The predicted molar refractivity (Wildman–Crippen MR) is 128 cm³/mol. The average molecular weight is 445 g/mol. The maximum Gasteiger partial charge on any atom is 0.241 e. The molecular formula is C25H36N2O3S. The molecule has 31 heavy (non-hydrogen) atoms. The lowest BCUT2D eigenvalue weighted by Gasteiger charge is -2.19. The molecule has 0 bridgehead atoms. The van der Waals surface area contributed by atoms with Gasteiger partial charge in [-0.25, -0.2) is 13.1 Å². The summed E-state index contributed by atoms with van der Waals surface area (Å²) in [7, 11) is 0.0392. The smallest absolute Gasteiger partial charge is 0.241 e. The second kappa shape index (κ2) is 12.6. The van der Waals surface area contributed by atoms with Gasteiger partial charge in [-0.15, -0.1) is 0 Å². The summed E-state index contributed by atoms with van der Waals surface area (Å²) in [5.74, 6) is 0. The van der Waals surface area contributed by atoms with Crippen LogP contribution in [-0.2, 0) is 21.2 Å². The number of nitrogens with zero attached hydrogens (tertiary/aromatic N) is 1. The molecule has 0 radical (unpaired) electrons. The van der Waals surface area contributed by atoms with Crippen molar-refractivity contribution in [3.8, 4) is 0 Å². The minimum atomic E-state index is -3.82. The van der Waals surface area contributed by atoms with Crippen LogP contribution >= 0.6 is 0 Å². The maximum atomic E-state index is 13.2. The molecule has 5 nitrogen and oxygen atoms in total. The van der Waals surface area contributed by atoms with Crippen molar-refractivity contribution in [1.29, 1.82) is 0 Å². The number of sulfonamides is 1. The highest BCUT2D eigenvalue weighted by molar-refractivity contribution is 7.89. The molecule has 0 heterocycles.